The van der Waals surface area contributed by atoms with E-state index in [9.17, 15) is 5.11 Å². The molecule has 0 saturated heterocycles. The van der Waals surface area contributed by atoms with Crippen LogP contribution in [0.1, 0.15) is 11.6 Å². The summed E-state index contributed by atoms with van der Waals surface area (Å²) in [5.74, 6) is 0.977. The average molecular weight is 245 g/mol. The molecule has 0 radical (unpaired) electrons. The van der Waals surface area contributed by atoms with E-state index in [1.54, 1.807) is 42.5 Å². The third-order valence-corrected chi connectivity index (χ3v) is 2.60. The smallest absolute Gasteiger partial charge is 0.120 e. The number of aromatic hydroxyl groups is 2. The molecule has 1 atom stereocenters. The van der Waals surface area contributed by atoms with Crippen molar-refractivity contribution in [1.82, 2.24) is 0 Å². The van der Waals surface area contributed by atoms with Crippen LogP contribution in [0.3, 0.4) is 0 Å². The van der Waals surface area contributed by atoms with Gasteiger partial charge in [-0.1, -0.05) is 18.2 Å². The Kier molecular flexibility index (Phi) is 3.69. The molecule has 0 aliphatic carbocycles. The molecule has 2 rings (SSSR count). The maximum atomic E-state index is 9.65. The van der Waals surface area contributed by atoms with E-state index >= 15 is 0 Å². The van der Waals surface area contributed by atoms with Gasteiger partial charge in [0.25, 0.3) is 0 Å². The van der Waals surface area contributed by atoms with Crippen molar-refractivity contribution in [2.24, 2.45) is 5.73 Å². The van der Waals surface area contributed by atoms with Gasteiger partial charge in [-0.05, 0) is 30.3 Å². The lowest BCUT2D eigenvalue weighted by molar-refractivity contribution is 0.287. The summed E-state index contributed by atoms with van der Waals surface area (Å²) < 4.78 is 5.48. The number of rotatable bonds is 4. The Morgan fingerprint density at radius 3 is 2.33 bits per heavy atom. The van der Waals surface area contributed by atoms with Gasteiger partial charge in [-0.3, -0.25) is 0 Å². The molecule has 0 aromatic heterocycles. The lowest BCUT2D eigenvalue weighted by Crippen LogP contribution is -2.19. The van der Waals surface area contributed by atoms with E-state index in [4.69, 9.17) is 15.6 Å². The molecule has 94 valence electrons. The van der Waals surface area contributed by atoms with Crippen molar-refractivity contribution in [2.45, 2.75) is 6.04 Å². The van der Waals surface area contributed by atoms with Crippen LogP contribution in [0.15, 0.2) is 48.5 Å². The maximum Gasteiger partial charge on any atom is 0.120 e. The van der Waals surface area contributed by atoms with Gasteiger partial charge in [-0.2, -0.15) is 0 Å². The first kappa shape index (κ1) is 12.3. The predicted octanol–water partition coefficient (Wildman–Crippen LogP) is 2.18. The molecular weight excluding hydrogens is 230 g/mol. The Morgan fingerprint density at radius 2 is 1.67 bits per heavy atom. The van der Waals surface area contributed by atoms with Crippen molar-refractivity contribution in [3.05, 3.63) is 54.1 Å². The fourth-order valence-electron chi connectivity index (χ4n) is 1.62. The van der Waals surface area contributed by atoms with Crippen molar-refractivity contribution >= 4 is 0 Å². The second-order valence-corrected chi connectivity index (χ2v) is 3.97. The largest absolute Gasteiger partial charge is 0.508 e. The van der Waals surface area contributed by atoms with Gasteiger partial charge in [0.1, 0.15) is 23.9 Å². The van der Waals surface area contributed by atoms with Crippen LogP contribution in [-0.4, -0.2) is 16.8 Å². The van der Waals surface area contributed by atoms with Crippen molar-refractivity contribution in [3.8, 4) is 17.2 Å². The van der Waals surface area contributed by atoms with Gasteiger partial charge in [0.15, 0.2) is 0 Å². The van der Waals surface area contributed by atoms with Crippen LogP contribution < -0.4 is 10.5 Å². The van der Waals surface area contributed by atoms with Crippen LogP contribution in [0.2, 0.25) is 0 Å². The molecule has 0 amide bonds. The van der Waals surface area contributed by atoms with Crippen LogP contribution in [0, 0.1) is 0 Å². The summed E-state index contributed by atoms with van der Waals surface area (Å²) in [6, 6.07) is 12.9. The number of hydrogen-bond donors (Lipinski definition) is 3. The van der Waals surface area contributed by atoms with Crippen LogP contribution in [0.5, 0.6) is 17.2 Å². The number of ether oxygens (including phenoxy) is 1. The zero-order valence-corrected chi connectivity index (χ0v) is 9.78. The molecule has 18 heavy (non-hydrogen) atoms. The highest BCUT2D eigenvalue weighted by Crippen LogP contribution is 2.23. The van der Waals surface area contributed by atoms with Crippen molar-refractivity contribution < 1.29 is 14.9 Å². The van der Waals surface area contributed by atoms with E-state index in [1.165, 1.54) is 0 Å². The number of hydrogen-bond acceptors (Lipinski definition) is 4. The van der Waals surface area contributed by atoms with Crippen LogP contribution in [0.25, 0.3) is 0 Å². The van der Waals surface area contributed by atoms with Gasteiger partial charge in [0.05, 0.1) is 6.04 Å². The summed E-state index contributed by atoms with van der Waals surface area (Å²) in [4.78, 5) is 0. The molecule has 2 aromatic carbocycles. The summed E-state index contributed by atoms with van der Waals surface area (Å²) in [5, 5.41) is 18.8. The van der Waals surface area contributed by atoms with Gasteiger partial charge >= 0.3 is 0 Å². The minimum atomic E-state index is -0.403. The van der Waals surface area contributed by atoms with Gasteiger partial charge in [-0.25, -0.2) is 0 Å². The quantitative estimate of drug-likeness (QED) is 0.771. The molecule has 0 saturated carbocycles. The molecule has 2 aromatic rings. The first-order valence-corrected chi connectivity index (χ1v) is 5.62. The second kappa shape index (κ2) is 5.42. The lowest BCUT2D eigenvalue weighted by Gasteiger charge is -2.14. The molecule has 0 aliphatic heterocycles. The molecule has 4 heteroatoms. The summed E-state index contributed by atoms with van der Waals surface area (Å²) in [6.07, 6.45) is 0. The summed E-state index contributed by atoms with van der Waals surface area (Å²) in [7, 11) is 0. The van der Waals surface area contributed by atoms with E-state index < -0.39 is 6.04 Å². The van der Waals surface area contributed by atoms with Gasteiger partial charge in [0, 0.05) is 5.56 Å². The highest BCUT2D eigenvalue weighted by molar-refractivity contribution is 5.35. The van der Waals surface area contributed by atoms with Crippen LogP contribution in [-0.2, 0) is 0 Å². The maximum absolute atomic E-state index is 9.65. The van der Waals surface area contributed by atoms with E-state index in [0.29, 0.717) is 11.3 Å². The zero-order valence-electron chi connectivity index (χ0n) is 9.78. The number of nitrogens with two attached hydrogens (primary N) is 1. The van der Waals surface area contributed by atoms with Crippen LogP contribution in [0.4, 0.5) is 0 Å². The van der Waals surface area contributed by atoms with E-state index in [0.717, 1.165) is 0 Å². The Labute approximate surface area is 105 Å². The molecule has 0 heterocycles. The lowest BCUT2D eigenvalue weighted by atomic mass is 10.1. The molecular formula is C14H15NO3. The summed E-state index contributed by atoms with van der Waals surface area (Å²) >= 11 is 0. The second-order valence-electron chi connectivity index (χ2n) is 3.97. The van der Waals surface area contributed by atoms with E-state index in [-0.39, 0.29) is 18.1 Å². The minimum Gasteiger partial charge on any atom is -0.508 e. The summed E-state index contributed by atoms with van der Waals surface area (Å²) in [6.45, 7) is 0.252. The van der Waals surface area contributed by atoms with Gasteiger partial charge in [0.2, 0.25) is 0 Å². The molecule has 0 bridgehead atoms. The molecule has 0 fully saturated rings. The Balaban J connectivity index is 1.98. The molecule has 0 aliphatic rings. The first-order valence-electron chi connectivity index (χ1n) is 5.62. The fraction of sp³-hybridized carbons (Fsp3) is 0.143. The average Bonchev–Trinajstić information content (AvgIpc) is 2.38. The summed E-state index contributed by atoms with van der Waals surface area (Å²) in [5.41, 5.74) is 6.59. The highest BCUT2D eigenvalue weighted by atomic mass is 16.5. The van der Waals surface area contributed by atoms with Crippen LogP contribution >= 0.6 is 0 Å². The Morgan fingerprint density at radius 1 is 1.00 bits per heavy atom. The van der Waals surface area contributed by atoms with Crippen molar-refractivity contribution in [1.29, 1.82) is 0 Å². The van der Waals surface area contributed by atoms with Crippen molar-refractivity contribution in [3.63, 3.8) is 0 Å². The Bertz CT molecular complexity index is 511. The SMILES string of the molecule is NC(COc1ccc(O)cc1)c1ccccc1O. The zero-order chi connectivity index (χ0) is 13.0. The predicted molar refractivity (Wildman–Crippen MR) is 68.6 cm³/mol. The third kappa shape index (κ3) is 2.93. The topological polar surface area (TPSA) is 75.7 Å². The Hall–Kier alpha value is -2.20. The molecule has 4 nitrogen and oxygen atoms in total. The fourth-order valence-corrected chi connectivity index (χ4v) is 1.62. The number of benzene rings is 2. The third-order valence-electron chi connectivity index (χ3n) is 2.60. The van der Waals surface area contributed by atoms with Crippen molar-refractivity contribution in [2.75, 3.05) is 6.61 Å². The monoisotopic (exact) mass is 245 g/mol. The molecule has 1 unspecified atom stereocenters. The minimum absolute atomic E-state index is 0.166. The highest BCUT2D eigenvalue weighted by Gasteiger charge is 2.10. The number of phenols is 2. The first-order chi connectivity index (χ1) is 8.66. The normalized spacial score (nSPS) is 12.1. The van der Waals surface area contributed by atoms with E-state index in [1.807, 2.05) is 6.07 Å². The van der Waals surface area contributed by atoms with Gasteiger partial charge in [-0.15, -0.1) is 0 Å². The standard InChI is InChI=1S/C14H15NO3/c15-13(12-3-1-2-4-14(12)17)9-18-11-7-5-10(16)6-8-11/h1-8,13,16-17H,9,15H2. The molecule has 0 spiro atoms. The van der Waals surface area contributed by atoms with E-state index in [2.05, 4.69) is 0 Å². The van der Waals surface area contributed by atoms with Gasteiger partial charge < -0.3 is 20.7 Å². The number of phenolic OH excluding ortho intramolecular Hbond substituents is 2. The molecule has 4 N–H and O–H groups in total. The number of para-hydroxylation sites is 1.